The summed E-state index contributed by atoms with van der Waals surface area (Å²) in [6.45, 7) is 2.00. The number of fused-ring (bicyclic) bond motifs is 1. The predicted octanol–water partition coefficient (Wildman–Crippen LogP) is 2.33. The second kappa shape index (κ2) is 5.31. The number of halogens is 1. The van der Waals surface area contributed by atoms with Gasteiger partial charge in [0, 0.05) is 11.6 Å². The number of H-pyrrole nitrogens is 1. The standard InChI is InChI=1S/C14H14ClN5O/c1-14(21,9-3-2-4-10(15)5-9)6-16-12-11-13(18-7-17-11)20-8-19-12/h2-5,7-8,21H,6H2,1H3,(H2,16,17,18,19,20). The first-order chi connectivity index (χ1) is 10.1. The monoisotopic (exact) mass is 303 g/mol. The number of aliphatic hydroxyl groups is 1. The molecule has 108 valence electrons. The molecule has 0 aliphatic carbocycles. The molecule has 2 heterocycles. The molecule has 6 nitrogen and oxygen atoms in total. The lowest BCUT2D eigenvalue weighted by Crippen LogP contribution is -2.31. The van der Waals surface area contributed by atoms with E-state index in [1.54, 1.807) is 25.4 Å². The molecule has 0 aliphatic heterocycles. The van der Waals surface area contributed by atoms with Gasteiger partial charge in [0.15, 0.2) is 11.5 Å². The van der Waals surface area contributed by atoms with E-state index >= 15 is 0 Å². The van der Waals surface area contributed by atoms with Crippen molar-refractivity contribution in [1.29, 1.82) is 0 Å². The van der Waals surface area contributed by atoms with E-state index < -0.39 is 5.60 Å². The second-order valence-electron chi connectivity index (χ2n) is 4.96. The molecule has 0 spiro atoms. The molecule has 2 aromatic heterocycles. The van der Waals surface area contributed by atoms with Gasteiger partial charge in [0.25, 0.3) is 0 Å². The average molecular weight is 304 g/mol. The Morgan fingerprint density at radius 3 is 3.00 bits per heavy atom. The molecule has 1 atom stereocenters. The van der Waals surface area contributed by atoms with E-state index in [4.69, 9.17) is 11.6 Å². The Bertz CT molecular complexity index is 771. The van der Waals surface area contributed by atoms with Gasteiger partial charge in [0.1, 0.15) is 17.4 Å². The van der Waals surface area contributed by atoms with Crippen LogP contribution in [0, 0.1) is 0 Å². The molecule has 0 bridgehead atoms. The van der Waals surface area contributed by atoms with E-state index in [1.165, 1.54) is 6.33 Å². The number of nitrogens with zero attached hydrogens (tertiary/aromatic N) is 3. The minimum absolute atomic E-state index is 0.276. The van der Waals surface area contributed by atoms with E-state index in [-0.39, 0.29) is 6.54 Å². The van der Waals surface area contributed by atoms with Crippen LogP contribution in [0.15, 0.2) is 36.9 Å². The summed E-state index contributed by atoms with van der Waals surface area (Å²) in [5.74, 6) is 0.597. The minimum atomic E-state index is -1.08. The maximum absolute atomic E-state index is 10.6. The molecule has 0 fully saturated rings. The lowest BCUT2D eigenvalue weighted by molar-refractivity contribution is 0.0715. The van der Waals surface area contributed by atoms with Gasteiger partial charge in [0.2, 0.25) is 0 Å². The Morgan fingerprint density at radius 1 is 1.33 bits per heavy atom. The highest BCUT2D eigenvalue weighted by molar-refractivity contribution is 6.30. The van der Waals surface area contributed by atoms with Crippen molar-refractivity contribution in [2.24, 2.45) is 0 Å². The molecule has 0 radical (unpaired) electrons. The zero-order valence-corrected chi connectivity index (χ0v) is 12.1. The molecule has 7 heteroatoms. The van der Waals surface area contributed by atoms with Crippen LogP contribution in [0.5, 0.6) is 0 Å². The van der Waals surface area contributed by atoms with E-state index in [2.05, 4.69) is 25.3 Å². The second-order valence-corrected chi connectivity index (χ2v) is 5.40. The number of benzene rings is 1. The van der Waals surface area contributed by atoms with E-state index in [0.717, 1.165) is 5.56 Å². The molecule has 0 amide bonds. The number of hydrogen-bond acceptors (Lipinski definition) is 5. The van der Waals surface area contributed by atoms with Crippen LogP contribution in [0.25, 0.3) is 11.2 Å². The number of rotatable bonds is 4. The third kappa shape index (κ3) is 2.81. The van der Waals surface area contributed by atoms with Crippen molar-refractivity contribution < 1.29 is 5.11 Å². The molecular formula is C14H14ClN5O. The Balaban J connectivity index is 1.82. The number of imidazole rings is 1. The number of aromatic nitrogens is 4. The number of anilines is 1. The van der Waals surface area contributed by atoms with Gasteiger partial charge in [-0.25, -0.2) is 15.0 Å². The van der Waals surface area contributed by atoms with Crippen LogP contribution < -0.4 is 5.32 Å². The normalized spacial score (nSPS) is 14.0. The lowest BCUT2D eigenvalue weighted by atomic mass is 9.96. The molecule has 3 rings (SSSR count). The van der Waals surface area contributed by atoms with Crippen LogP contribution >= 0.6 is 11.6 Å². The number of hydrogen-bond donors (Lipinski definition) is 3. The maximum atomic E-state index is 10.6. The highest BCUT2D eigenvalue weighted by Crippen LogP contribution is 2.24. The average Bonchev–Trinajstić information content (AvgIpc) is 2.94. The molecule has 1 unspecified atom stereocenters. The van der Waals surface area contributed by atoms with Crippen LogP contribution in [0.2, 0.25) is 5.02 Å². The van der Waals surface area contributed by atoms with Gasteiger partial charge in [-0.15, -0.1) is 0 Å². The predicted molar refractivity (Wildman–Crippen MR) is 81.2 cm³/mol. The zero-order valence-electron chi connectivity index (χ0n) is 11.3. The molecule has 0 aliphatic rings. The van der Waals surface area contributed by atoms with Gasteiger partial charge in [-0.2, -0.15) is 0 Å². The molecular weight excluding hydrogens is 290 g/mol. The molecule has 0 saturated carbocycles. The van der Waals surface area contributed by atoms with Gasteiger partial charge in [-0.1, -0.05) is 23.7 Å². The molecule has 21 heavy (non-hydrogen) atoms. The summed E-state index contributed by atoms with van der Waals surface area (Å²) in [6, 6.07) is 7.16. The minimum Gasteiger partial charge on any atom is -0.384 e. The van der Waals surface area contributed by atoms with Crippen molar-refractivity contribution in [3.05, 3.63) is 47.5 Å². The highest BCUT2D eigenvalue weighted by Gasteiger charge is 2.23. The Hall–Kier alpha value is -2.18. The van der Waals surface area contributed by atoms with Crippen LogP contribution in [0.1, 0.15) is 12.5 Å². The Labute approximate surface area is 126 Å². The summed E-state index contributed by atoms with van der Waals surface area (Å²) >= 11 is 5.97. The highest BCUT2D eigenvalue weighted by atomic mass is 35.5. The molecule has 3 N–H and O–H groups in total. The molecule has 3 aromatic rings. The van der Waals surface area contributed by atoms with Crippen molar-refractivity contribution in [3.63, 3.8) is 0 Å². The first-order valence-corrected chi connectivity index (χ1v) is 6.80. The van der Waals surface area contributed by atoms with Crippen LogP contribution in [0.3, 0.4) is 0 Å². The van der Waals surface area contributed by atoms with Gasteiger partial charge in [-0.3, -0.25) is 0 Å². The topological polar surface area (TPSA) is 86.7 Å². The number of aromatic amines is 1. The largest absolute Gasteiger partial charge is 0.384 e. The fraction of sp³-hybridized carbons (Fsp3) is 0.214. The summed E-state index contributed by atoms with van der Waals surface area (Å²) < 4.78 is 0. The van der Waals surface area contributed by atoms with Gasteiger partial charge in [0.05, 0.1) is 6.33 Å². The first-order valence-electron chi connectivity index (χ1n) is 6.43. The summed E-state index contributed by atoms with van der Waals surface area (Å²) in [4.78, 5) is 15.2. The fourth-order valence-corrected chi connectivity index (χ4v) is 2.27. The Kier molecular flexibility index (Phi) is 3.48. The molecule has 0 saturated heterocycles. The van der Waals surface area contributed by atoms with Gasteiger partial charge < -0.3 is 15.4 Å². The quantitative estimate of drug-likeness (QED) is 0.688. The summed E-state index contributed by atoms with van der Waals surface area (Å²) in [5, 5.41) is 14.3. The van der Waals surface area contributed by atoms with Crippen LogP contribution in [-0.4, -0.2) is 31.6 Å². The van der Waals surface area contributed by atoms with Crippen molar-refractivity contribution in [2.75, 3.05) is 11.9 Å². The smallest absolute Gasteiger partial charge is 0.182 e. The Morgan fingerprint density at radius 2 is 2.19 bits per heavy atom. The summed E-state index contributed by atoms with van der Waals surface area (Å²) in [6.07, 6.45) is 2.99. The van der Waals surface area contributed by atoms with Crippen LogP contribution in [-0.2, 0) is 5.60 Å². The SMILES string of the molecule is CC(O)(CNc1ncnc2nc[nH]c12)c1cccc(Cl)c1. The molecule has 1 aromatic carbocycles. The zero-order chi connectivity index (χ0) is 14.9. The van der Waals surface area contributed by atoms with Gasteiger partial charge >= 0.3 is 0 Å². The lowest BCUT2D eigenvalue weighted by Gasteiger charge is -2.24. The number of nitrogens with one attached hydrogen (secondary N) is 2. The van der Waals surface area contributed by atoms with E-state index in [1.807, 2.05) is 12.1 Å². The van der Waals surface area contributed by atoms with Crippen molar-refractivity contribution in [3.8, 4) is 0 Å². The summed E-state index contributed by atoms with van der Waals surface area (Å²) in [7, 11) is 0. The van der Waals surface area contributed by atoms with Crippen LogP contribution in [0.4, 0.5) is 5.82 Å². The van der Waals surface area contributed by atoms with Crippen molar-refractivity contribution in [1.82, 2.24) is 19.9 Å². The van der Waals surface area contributed by atoms with E-state index in [0.29, 0.717) is 22.0 Å². The van der Waals surface area contributed by atoms with Gasteiger partial charge in [-0.05, 0) is 24.6 Å². The fourth-order valence-electron chi connectivity index (χ4n) is 2.08. The maximum Gasteiger partial charge on any atom is 0.182 e. The van der Waals surface area contributed by atoms with E-state index in [9.17, 15) is 5.11 Å². The third-order valence-electron chi connectivity index (χ3n) is 3.27. The third-order valence-corrected chi connectivity index (χ3v) is 3.50. The summed E-state index contributed by atoms with van der Waals surface area (Å²) in [5.41, 5.74) is 0.939. The van der Waals surface area contributed by atoms with Crippen molar-refractivity contribution in [2.45, 2.75) is 12.5 Å². The first kappa shape index (κ1) is 13.8. The van der Waals surface area contributed by atoms with Crippen molar-refractivity contribution >= 4 is 28.6 Å².